The SMILES string of the molecule is O=C(CSc1nc2ccsc2c(=O)n1Cc1ccccc1Cl)NC[C@H]1CCCO1. The van der Waals surface area contributed by atoms with E-state index in [0.29, 0.717) is 33.5 Å². The zero-order chi connectivity index (χ0) is 20.2. The van der Waals surface area contributed by atoms with Crippen LogP contribution in [0.5, 0.6) is 0 Å². The first-order valence-corrected chi connectivity index (χ1v) is 11.6. The summed E-state index contributed by atoms with van der Waals surface area (Å²) in [6.45, 7) is 1.58. The number of benzene rings is 1. The summed E-state index contributed by atoms with van der Waals surface area (Å²) in [4.78, 5) is 29.9. The molecule has 1 aliphatic rings. The quantitative estimate of drug-likeness (QED) is 0.441. The Kier molecular flexibility index (Phi) is 6.54. The third-order valence-electron chi connectivity index (χ3n) is 4.70. The van der Waals surface area contributed by atoms with Gasteiger partial charge in [-0.25, -0.2) is 4.98 Å². The maximum absolute atomic E-state index is 13.0. The van der Waals surface area contributed by atoms with Gasteiger partial charge in [0, 0.05) is 18.2 Å². The van der Waals surface area contributed by atoms with Crippen LogP contribution in [0.2, 0.25) is 5.02 Å². The number of hydrogen-bond acceptors (Lipinski definition) is 6. The van der Waals surface area contributed by atoms with Gasteiger partial charge in [0.05, 0.1) is 23.9 Å². The van der Waals surface area contributed by atoms with Crippen molar-refractivity contribution in [2.24, 2.45) is 0 Å². The Morgan fingerprint density at radius 2 is 2.24 bits per heavy atom. The van der Waals surface area contributed by atoms with E-state index < -0.39 is 0 Å². The molecular formula is C20H20ClN3O3S2. The summed E-state index contributed by atoms with van der Waals surface area (Å²) in [6.07, 6.45) is 2.11. The number of ether oxygens (including phenoxy) is 1. The van der Waals surface area contributed by atoms with E-state index in [1.54, 1.807) is 10.6 Å². The minimum absolute atomic E-state index is 0.0997. The molecule has 0 saturated carbocycles. The first-order valence-electron chi connectivity index (χ1n) is 9.34. The molecule has 1 aromatic carbocycles. The Hall–Kier alpha value is -1.87. The molecule has 1 fully saturated rings. The molecule has 1 amide bonds. The van der Waals surface area contributed by atoms with Crippen LogP contribution in [-0.4, -0.2) is 40.5 Å². The number of nitrogens with zero attached hydrogens (tertiary/aromatic N) is 2. The molecule has 1 saturated heterocycles. The highest BCUT2D eigenvalue weighted by Gasteiger charge is 2.18. The van der Waals surface area contributed by atoms with Gasteiger partial charge in [0.25, 0.3) is 5.56 Å². The van der Waals surface area contributed by atoms with Crippen molar-refractivity contribution >= 4 is 50.8 Å². The van der Waals surface area contributed by atoms with Crippen LogP contribution in [0.15, 0.2) is 45.7 Å². The molecule has 29 heavy (non-hydrogen) atoms. The van der Waals surface area contributed by atoms with Crippen molar-refractivity contribution in [1.82, 2.24) is 14.9 Å². The van der Waals surface area contributed by atoms with E-state index in [0.717, 1.165) is 25.0 Å². The van der Waals surface area contributed by atoms with Crippen LogP contribution in [0.3, 0.4) is 0 Å². The number of carbonyl (C=O) groups excluding carboxylic acids is 1. The number of thioether (sulfide) groups is 1. The van der Waals surface area contributed by atoms with Gasteiger partial charge in [0.15, 0.2) is 5.16 Å². The van der Waals surface area contributed by atoms with Crippen molar-refractivity contribution < 1.29 is 9.53 Å². The minimum Gasteiger partial charge on any atom is -0.376 e. The number of amides is 1. The second-order valence-electron chi connectivity index (χ2n) is 6.74. The average Bonchev–Trinajstić information content (AvgIpc) is 3.40. The molecule has 2 aromatic heterocycles. The third kappa shape index (κ3) is 4.83. The second kappa shape index (κ2) is 9.30. The molecule has 9 heteroatoms. The fourth-order valence-corrected chi connectivity index (χ4v) is 4.99. The van der Waals surface area contributed by atoms with Gasteiger partial charge in [-0.3, -0.25) is 14.2 Å². The Morgan fingerprint density at radius 1 is 1.38 bits per heavy atom. The summed E-state index contributed by atoms with van der Waals surface area (Å²) in [5.41, 5.74) is 1.36. The van der Waals surface area contributed by atoms with E-state index in [1.165, 1.54) is 23.1 Å². The molecule has 0 aliphatic carbocycles. The van der Waals surface area contributed by atoms with E-state index in [1.807, 2.05) is 29.6 Å². The van der Waals surface area contributed by atoms with Gasteiger partial charge in [0.2, 0.25) is 5.91 Å². The van der Waals surface area contributed by atoms with Crippen LogP contribution in [-0.2, 0) is 16.1 Å². The number of fused-ring (bicyclic) bond motifs is 1. The largest absolute Gasteiger partial charge is 0.376 e. The number of hydrogen-bond donors (Lipinski definition) is 1. The summed E-state index contributed by atoms with van der Waals surface area (Å²) in [5.74, 6) is 0.0755. The predicted molar refractivity (Wildman–Crippen MR) is 117 cm³/mol. The molecule has 3 aromatic rings. The Labute approximate surface area is 181 Å². The monoisotopic (exact) mass is 449 g/mol. The molecule has 1 aliphatic heterocycles. The molecule has 6 nitrogen and oxygen atoms in total. The summed E-state index contributed by atoms with van der Waals surface area (Å²) < 4.78 is 7.72. The molecule has 4 rings (SSSR count). The van der Waals surface area contributed by atoms with Crippen molar-refractivity contribution in [3.8, 4) is 0 Å². The molecular weight excluding hydrogens is 430 g/mol. The number of nitrogens with one attached hydrogen (secondary N) is 1. The maximum atomic E-state index is 13.0. The highest BCUT2D eigenvalue weighted by molar-refractivity contribution is 7.99. The fraction of sp³-hybridized carbons (Fsp3) is 0.350. The van der Waals surface area contributed by atoms with Crippen molar-refractivity contribution in [2.45, 2.75) is 30.6 Å². The summed E-state index contributed by atoms with van der Waals surface area (Å²) in [7, 11) is 0. The zero-order valence-electron chi connectivity index (χ0n) is 15.6. The highest BCUT2D eigenvalue weighted by atomic mass is 35.5. The average molecular weight is 450 g/mol. The standard InChI is InChI=1S/C20H20ClN3O3S2/c21-15-6-2-1-4-13(15)11-24-19(26)18-16(7-9-28-18)23-20(24)29-12-17(25)22-10-14-5-3-8-27-14/h1-2,4,6-7,9,14H,3,5,8,10-12H2,(H,22,25)/t14-/m1/s1. The van der Waals surface area contributed by atoms with Crippen LogP contribution < -0.4 is 10.9 Å². The van der Waals surface area contributed by atoms with E-state index in [-0.39, 0.29) is 23.3 Å². The lowest BCUT2D eigenvalue weighted by atomic mass is 10.2. The van der Waals surface area contributed by atoms with E-state index in [2.05, 4.69) is 10.3 Å². The number of halogens is 1. The number of thiophene rings is 1. The van der Waals surface area contributed by atoms with E-state index in [4.69, 9.17) is 16.3 Å². The lowest BCUT2D eigenvalue weighted by Crippen LogP contribution is -2.33. The molecule has 0 unspecified atom stereocenters. The van der Waals surface area contributed by atoms with Crippen LogP contribution in [0.1, 0.15) is 18.4 Å². The van der Waals surface area contributed by atoms with Gasteiger partial charge in [-0.15, -0.1) is 11.3 Å². The smallest absolute Gasteiger partial charge is 0.272 e. The van der Waals surface area contributed by atoms with Gasteiger partial charge in [-0.2, -0.15) is 0 Å². The molecule has 0 radical (unpaired) electrons. The molecule has 0 spiro atoms. The van der Waals surface area contributed by atoms with Crippen molar-refractivity contribution in [2.75, 3.05) is 18.9 Å². The topological polar surface area (TPSA) is 73.2 Å². The molecule has 3 heterocycles. The Balaban J connectivity index is 1.53. The van der Waals surface area contributed by atoms with Gasteiger partial charge in [-0.1, -0.05) is 41.6 Å². The predicted octanol–water partition coefficient (Wildman–Crippen LogP) is 3.55. The van der Waals surface area contributed by atoms with Gasteiger partial charge in [-0.05, 0) is 35.9 Å². The normalized spacial score (nSPS) is 16.4. The van der Waals surface area contributed by atoms with Crippen molar-refractivity contribution in [3.63, 3.8) is 0 Å². The lowest BCUT2D eigenvalue weighted by molar-refractivity contribution is -0.119. The van der Waals surface area contributed by atoms with Crippen LogP contribution >= 0.6 is 34.7 Å². The maximum Gasteiger partial charge on any atom is 0.272 e. The first kappa shape index (κ1) is 20.4. The summed E-state index contributed by atoms with van der Waals surface area (Å²) >= 11 is 8.91. The minimum atomic E-state index is -0.118. The van der Waals surface area contributed by atoms with Crippen molar-refractivity contribution in [3.05, 3.63) is 56.7 Å². The van der Waals surface area contributed by atoms with Gasteiger partial charge in [0.1, 0.15) is 4.70 Å². The van der Waals surface area contributed by atoms with Crippen LogP contribution in [0, 0.1) is 0 Å². The zero-order valence-corrected chi connectivity index (χ0v) is 18.0. The van der Waals surface area contributed by atoms with E-state index >= 15 is 0 Å². The molecule has 0 bridgehead atoms. The highest BCUT2D eigenvalue weighted by Crippen LogP contribution is 2.23. The van der Waals surface area contributed by atoms with Crippen molar-refractivity contribution in [1.29, 1.82) is 0 Å². The molecule has 1 N–H and O–H groups in total. The number of carbonyl (C=O) groups is 1. The van der Waals surface area contributed by atoms with Gasteiger partial charge < -0.3 is 10.1 Å². The van der Waals surface area contributed by atoms with Crippen LogP contribution in [0.25, 0.3) is 10.2 Å². The summed E-state index contributed by atoms with van der Waals surface area (Å²) in [5, 5.41) is 5.85. The van der Waals surface area contributed by atoms with Gasteiger partial charge >= 0.3 is 0 Å². The molecule has 152 valence electrons. The Morgan fingerprint density at radius 3 is 3.03 bits per heavy atom. The van der Waals surface area contributed by atoms with Crippen LogP contribution in [0.4, 0.5) is 0 Å². The number of rotatable bonds is 7. The van der Waals surface area contributed by atoms with E-state index in [9.17, 15) is 9.59 Å². The number of aromatic nitrogens is 2. The lowest BCUT2D eigenvalue weighted by Gasteiger charge is -2.14. The third-order valence-corrected chi connectivity index (χ3v) is 6.94. The second-order valence-corrected chi connectivity index (χ2v) is 9.01. The first-order chi connectivity index (χ1) is 14.1. The Bertz CT molecular complexity index is 1080. The summed E-state index contributed by atoms with van der Waals surface area (Å²) in [6, 6.07) is 9.24. The fourth-order valence-electron chi connectivity index (χ4n) is 3.18. The molecule has 1 atom stereocenters.